The van der Waals surface area contributed by atoms with Gasteiger partial charge in [0, 0.05) is 5.56 Å². The molecule has 1 aliphatic rings. The Morgan fingerprint density at radius 2 is 1.56 bits per heavy atom. The Morgan fingerprint density at radius 1 is 0.824 bits per heavy atom. The van der Waals surface area contributed by atoms with Crippen LogP contribution in [0.4, 0.5) is 0 Å². The molecule has 0 bridgehead atoms. The summed E-state index contributed by atoms with van der Waals surface area (Å²) in [5.41, 5.74) is 5.60. The summed E-state index contributed by atoms with van der Waals surface area (Å²) in [6, 6.07) is 28.5. The Bertz CT molecular complexity index is 1430. The Kier molecular flexibility index (Phi) is 5.56. The van der Waals surface area contributed by atoms with Crippen molar-refractivity contribution in [3.05, 3.63) is 125 Å². The lowest BCUT2D eigenvalue weighted by atomic mass is 10.0. The van der Waals surface area contributed by atoms with Crippen molar-refractivity contribution >= 4 is 17.8 Å². The molecule has 1 heterocycles. The summed E-state index contributed by atoms with van der Waals surface area (Å²) in [7, 11) is 0. The van der Waals surface area contributed by atoms with Gasteiger partial charge in [-0.25, -0.2) is 4.79 Å². The summed E-state index contributed by atoms with van der Waals surface area (Å²) in [5.74, 6) is 0.387. The number of carbonyl (C=O) groups excluding carboxylic acids is 2. The van der Waals surface area contributed by atoms with Crippen molar-refractivity contribution in [3.8, 4) is 22.6 Å². The van der Waals surface area contributed by atoms with Crippen molar-refractivity contribution in [1.29, 1.82) is 0 Å². The first-order valence-corrected chi connectivity index (χ1v) is 11.0. The second-order valence-electron chi connectivity index (χ2n) is 8.25. The first kappa shape index (κ1) is 21.4. The smallest absolute Gasteiger partial charge is 0.343 e. The molecule has 5 rings (SSSR count). The number of hydrogen-bond donors (Lipinski definition) is 0. The van der Waals surface area contributed by atoms with Gasteiger partial charge in [0.1, 0.15) is 11.5 Å². The average Bonchev–Trinajstić information content (AvgIpc) is 3.17. The van der Waals surface area contributed by atoms with Gasteiger partial charge in [-0.1, -0.05) is 72.3 Å². The number of hydrogen-bond acceptors (Lipinski definition) is 4. The molecule has 0 amide bonds. The molecule has 0 unspecified atom stereocenters. The molecule has 4 nitrogen and oxygen atoms in total. The summed E-state index contributed by atoms with van der Waals surface area (Å²) in [4.78, 5) is 25.5. The topological polar surface area (TPSA) is 52.6 Å². The van der Waals surface area contributed by atoms with Crippen LogP contribution in [-0.4, -0.2) is 11.8 Å². The van der Waals surface area contributed by atoms with E-state index in [2.05, 4.69) is 12.1 Å². The minimum atomic E-state index is -0.453. The molecule has 34 heavy (non-hydrogen) atoms. The van der Waals surface area contributed by atoms with Crippen molar-refractivity contribution in [3.63, 3.8) is 0 Å². The summed E-state index contributed by atoms with van der Waals surface area (Å²) in [5, 5.41) is 0. The predicted molar refractivity (Wildman–Crippen MR) is 132 cm³/mol. The maximum absolute atomic E-state index is 12.9. The molecule has 0 radical (unpaired) electrons. The number of rotatable bonds is 4. The van der Waals surface area contributed by atoms with Crippen LogP contribution in [0.25, 0.3) is 17.2 Å². The Hall–Kier alpha value is -4.44. The monoisotopic (exact) mass is 446 g/mol. The van der Waals surface area contributed by atoms with Gasteiger partial charge in [-0.2, -0.15) is 0 Å². The molecule has 0 aromatic heterocycles. The molecule has 4 heteroatoms. The molecular weight excluding hydrogens is 424 g/mol. The first-order chi connectivity index (χ1) is 16.5. The van der Waals surface area contributed by atoms with Crippen LogP contribution < -0.4 is 9.47 Å². The normalized spacial score (nSPS) is 13.5. The number of carbonyl (C=O) groups is 2. The number of ketones is 1. The van der Waals surface area contributed by atoms with Gasteiger partial charge >= 0.3 is 5.97 Å². The summed E-state index contributed by atoms with van der Waals surface area (Å²) in [6.45, 7) is 3.70. The van der Waals surface area contributed by atoms with Crippen LogP contribution in [0.15, 0.2) is 96.8 Å². The van der Waals surface area contributed by atoms with Gasteiger partial charge in [0.2, 0.25) is 5.78 Å². The molecule has 4 aromatic rings. The molecule has 0 spiro atoms. The van der Waals surface area contributed by atoms with Gasteiger partial charge in [0.15, 0.2) is 5.76 Å². The summed E-state index contributed by atoms with van der Waals surface area (Å²) >= 11 is 0. The SMILES string of the molecule is Cc1cccc(C(=O)Oc2ccc3c(c2C)O/C(=C\c2ccc(-c4ccccc4)cc2)C3=O)c1. The van der Waals surface area contributed by atoms with E-state index in [4.69, 9.17) is 9.47 Å². The average molecular weight is 447 g/mol. The minimum absolute atomic E-state index is 0.193. The number of benzene rings is 4. The van der Waals surface area contributed by atoms with E-state index >= 15 is 0 Å². The van der Waals surface area contributed by atoms with Crippen molar-refractivity contribution in [1.82, 2.24) is 0 Å². The Balaban J connectivity index is 1.37. The van der Waals surface area contributed by atoms with Gasteiger partial charge in [-0.05, 0) is 60.9 Å². The van der Waals surface area contributed by atoms with Crippen molar-refractivity contribution < 1.29 is 19.1 Å². The zero-order valence-electron chi connectivity index (χ0n) is 18.9. The number of esters is 1. The van der Waals surface area contributed by atoms with Crippen LogP contribution >= 0.6 is 0 Å². The summed E-state index contributed by atoms with van der Waals surface area (Å²) < 4.78 is 11.5. The molecule has 4 aromatic carbocycles. The third-order valence-electron chi connectivity index (χ3n) is 5.81. The van der Waals surface area contributed by atoms with Gasteiger partial charge in [-0.15, -0.1) is 0 Å². The van der Waals surface area contributed by atoms with Crippen LogP contribution in [0.2, 0.25) is 0 Å². The van der Waals surface area contributed by atoms with Crippen molar-refractivity contribution in [2.24, 2.45) is 0 Å². The highest BCUT2D eigenvalue weighted by Crippen LogP contribution is 2.39. The van der Waals surface area contributed by atoms with Crippen LogP contribution in [0.3, 0.4) is 0 Å². The molecule has 0 saturated carbocycles. The fourth-order valence-electron chi connectivity index (χ4n) is 3.96. The number of ether oxygens (including phenoxy) is 2. The molecule has 0 fully saturated rings. The molecule has 0 atom stereocenters. The van der Waals surface area contributed by atoms with Gasteiger partial charge < -0.3 is 9.47 Å². The van der Waals surface area contributed by atoms with Gasteiger partial charge in [0.05, 0.1) is 11.1 Å². The van der Waals surface area contributed by atoms with Gasteiger partial charge in [0.25, 0.3) is 0 Å². The lowest BCUT2D eigenvalue weighted by Crippen LogP contribution is -2.09. The molecular formula is C30H22O4. The second-order valence-corrected chi connectivity index (χ2v) is 8.25. The number of Topliss-reactive ketones (excluding diaryl/α,β-unsaturated/α-hetero) is 1. The Labute approximate surface area is 198 Å². The Morgan fingerprint density at radius 3 is 2.29 bits per heavy atom. The van der Waals surface area contributed by atoms with E-state index in [-0.39, 0.29) is 11.5 Å². The minimum Gasteiger partial charge on any atom is -0.452 e. The fourth-order valence-corrected chi connectivity index (χ4v) is 3.96. The highest BCUT2D eigenvalue weighted by Gasteiger charge is 2.30. The number of allylic oxidation sites excluding steroid dienone is 1. The molecule has 166 valence electrons. The highest BCUT2D eigenvalue weighted by molar-refractivity contribution is 6.15. The standard InChI is InChI=1S/C30H22O4/c1-19-7-6-10-24(17-19)30(32)34-26-16-15-25-28(31)27(33-29(25)20(26)2)18-21-11-13-23(14-12-21)22-8-4-3-5-9-22/h3-18H,1-2H3/b27-18-. The van der Waals surface area contributed by atoms with Crippen molar-refractivity contribution in [2.45, 2.75) is 13.8 Å². The predicted octanol–water partition coefficient (Wildman–Crippen LogP) is 6.81. The van der Waals surface area contributed by atoms with E-state index in [0.717, 1.165) is 22.3 Å². The zero-order valence-corrected chi connectivity index (χ0v) is 18.9. The van der Waals surface area contributed by atoms with Crippen molar-refractivity contribution in [2.75, 3.05) is 0 Å². The summed E-state index contributed by atoms with van der Waals surface area (Å²) in [6.07, 6.45) is 1.73. The highest BCUT2D eigenvalue weighted by atomic mass is 16.5. The quantitative estimate of drug-likeness (QED) is 0.196. The first-order valence-electron chi connectivity index (χ1n) is 11.0. The van der Waals surface area contributed by atoms with E-state index in [0.29, 0.717) is 28.2 Å². The lowest BCUT2D eigenvalue weighted by molar-refractivity contribution is 0.0733. The van der Waals surface area contributed by atoms with E-state index in [1.165, 1.54) is 0 Å². The van der Waals surface area contributed by atoms with Crippen LogP contribution in [0.5, 0.6) is 11.5 Å². The number of fused-ring (bicyclic) bond motifs is 1. The van der Waals surface area contributed by atoms with Crippen LogP contribution in [0, 0.1) is 13.8 Å². The second kappa shape index (κ2) is 8.83. The lowest BCUT2D eigenvalue weighted by Gasteiger charge is -2.10. The molecule has 0 saturated heterocycles. The van der Waals surface area contributed by atoms with E-state index < -0.39 is 5.97 Å². The van der Waals surface area contributed by atoms with E-state index in [1.807, 2.05) is 61.5 Å². The molecule has 0 aliphatic carbocycles. The van der Waals surface area contributed by atoms with Gasteiger partial charge in [-0.3, -0.25) is 4.79 Å². The maximum Gasteiger partial charge on any atom is 0.343 e. The fraction of sp³-hybridized carbons (Fsp3) is 0.0667. The molecule has 1 aliphatic heterocycles. The zero-order chi connectivity index (χ0) is 23.7. The number of aryl methyl sites for hydroxylation is 1. The third kappa shape index (κ3) is 4.14. The largest absolute Gasteiger partial charge is 0.452 e. The van der Waals surface area contributed by atoms with E-state index in [9.17, 15) is 9.59 Å². The van der Waals surface area contributed by atoms with E-state index in [1.54, 1.807) is 37.3 Å². The molecule has 0 N–H and O–H groups in total. The van der Waals surface area contributed by atoms with Crippen LogP contribution in [-0.2, 0) is 0 Å². The third-order valence-corrected chi connectivity index (χ3v) is 5.81. The maximum atomic E-state index is 12.9. The van der Waals surface area contributed by atoms with Crippen LogP contribution in [0.1, 0.15) is 37.4 Å².